The summed E-state index contributed by atoms with van der Waals surface area (Å²) in [5.74, 6) is 0.457. The highest BCUT2D eigenvalue weighted by Crippen LogP contribution is 2.24. The zero-order chi connectivity index (χ0) is 10.7. The van der Waals surface area contributed by atoms with Gasteiger partial charge in [0.05, 0.1) is 6.61 Å². The summed E-state index contributed by atoms with van der Waals surface area (Å²) in [6.45, 7) is -0.0363. The molecule has 4 heteroatoms. The van der Waals surface area contributed by atoms with Crippen LogP contribution >= 0.6 is 0 Å². The topological polar surface area (TPSA) is 72.0 Å². The van der Waals surface area contributed by atoms with E-state index in [2.05, 4.69) is 9.97 Å². The van der Waals surface area contributed by atoms with E-state index in [1.807, 2.05) is 18.2 Å². The predicted molar refractivity (Wildman–Crippen MR) is 57.8 cm³/mol. The van der Waals surface area contributed by atoms with Crippen molar-refractivity contribution in [1.82, 2.24) is 9.97 Å². The Labute approximate surface area is 87.4 Å². The molecule has 2 heterocycles. The van der Waals surface area contributed by atoms with Crippen LogP contribution in [0.2, 0.25) is 0 Å². The standard InChI is InChI=1S/C11H11N3O/c12-11-10(5-8(7-15)6-14-11)9-1-3-13-4-2-9/h1-6,15H,7H2,(H2,12,14). The maximum absolute atomic E-state index is 9.01. The summed E-state index contributed by atoms with van der Waals surface area (Å²) in [5.41, 5.74) is 8.28. The van der Waals surface area contributed by atoms with E-state index in [0.29, 0.717) is 5.82 Å². The highest BCUT2D eigenvalue weighted by atomic mass is 16.3. The van der Waals surface area contributed by atoms with Crippen LogP contribution in [-0.2, 0) is 6.61 Å². The van der Waals surface area contributed by atoms with Crippen molar-refractivity contribution in [2.24, 2.45) is 0 Å². The van der Waals surface area contributed by atoms with E-state index in [0.717, 1.165) is 16.7 Å². The van der Waals surface area contributed by atoms with Crippen LogP contribution < -0.4 is 5.73 Å². The quantitative estimate of drug-likeness (QED) is 0.766. The number of anilines is 1. The lowest BCUT2D eigenvalue weighted by atomic mass is 10.1. The highest BCUT2D eigenvalue weighted by Gasteiger charge is 2.04. The number of nitrogen functional groups attached to an aromatic ring is 1. The fourth-order valence-electron chi connectivity index (χ4n) is 1.37. The highest BCUT2D eigenvalue weighted by molar-refractivity contribution is 5.73. The van der Waals surface area contributed by atoms with E-state index in [9.17, 15) is 0 Å². The van der Waals surface area contributed by atoms with Gasteiger partial charge in [0.1, 0.15) is 5.82 Å². The Kier molecular flexibility index (Phi) is 2.60. The van der Waals surface area contributed by atoms with Crippen molar-refractivity contribution in [1.29, 1.82) is 0 Å². The molecule has 76 valence electrons. The minimum Gasteiger partial charge on any atom is -0.392 e. The van der Waals surface area contributed by atoms with Gasteiger partial charge in [-0.1, -0.05) is 0 Å². The van der Waals surface area contributed by atoms with E-state index in [-0.39, 0.29) is 6.61 Å². The molecule has 0 atom stereocenters. The number of hydrogen-bond acceptors (Lipinski definition) is 4. The SMILES string of the molecule is Nc1ncc(CO)cc1-c1ccncc1. The third-order valence-electron chi connectivity index (χ3n) is 2.15. The van der Waals surface area contributed by atoms with Crippen molar-refractivity contribution >= 4 is 5.82 Å². The minimum atomic E-state index is -0.0363. The average molecular weight is 201 g/mol. The molecule has 0 aliphatic rings. The first kappa shape index (κ1) is 9.61. The summed E-state index contributed by atoms with van der Waals surface area (Å²) in [7, 11) is 0. The number of hydrogen-bond donors (Lipinski definition) is 2. The fraction of sp³-hybridized carbons (Fsp3) is 0.0909. The third-order valence-corrected chi connectivity index (χ3v) is 2.15. The lowest BCUT2D eigenvalue weighted by Gasteiger charge is -2.06. The number of aromatic nitrogens is 2. The molecule has 0 bridgehead atoms. The molecular formula is C11H11N3O. The summed E-state index contributed by atoms with van der Waals surface area (Å²) in [4.78, 5) is 7.96. The van der Waals surface area contributed by atoms with Crippen molar-refractivity contribution < 1.29 is 5.11 Å². The van der Waals surface area contributed by atoms with Gasteiger partial charge in [0.15, 0.2) is 0 Å². The second-order valence-electron chi connectivity index (χ2n) is 3.17. The number of pyridine rings is 2. The minimum absolute atomic E-state index is 0.0363. The molecule has 0 saturated carbocycles. The second kappa shape index (κ2) is 4.06. The Balaban J connectivity index is 2.52. The van der Waals surface area contributed by atoms with Gasteiger partial charge < -0.3 is 10.8 Å². The van der Waals surface area contributed by atoms with Gasteiger partial charge in [-0.25, -0.2) is 4.98 Å². The lowest BCUT2D eigenvalue weighted by molar-refractivity contribution is 0.281. The molecule has 15 heavy (non-hydrogen) atoms. The molecule has 4 nitrogen and oxygen atoms in total. The van der Waals surface area contributed by atoms with Crippen LogP contribution in [0.25, 0.3) is 11.1 Å². The Hall–Kier alpha value is -1.94. The molecule has 0 aromatic carbocycles. The Morgan fingerprint density at radius 1 is 1.27 bits per heavy atom. The Morgan fingerprint density at radius 3 is 2.67 bits per heavy atom. The summed E-state index contributed by atoms with van der Waals surface area (Å²) in [5, 5.41) is 9.01. The van der Waals surface area contributed by atoms with Crippen LogP contribution in [0.4, 0.5) is 5.82 Å². The number of nitrogens with zero attached hydrogens (tertiary/aromatic N) is 2. The molecule has 0 aliphatic heterocycles. The van der Waals surface area contributed by atoms with Crippen LogP contribution in [0.1, 0.15) is 5.56 Å². The van der Waals surface area contributed by atoms with Crippen LogP contribution in [0.5, 0.6) is 0 Å². The van der Waals surface area contributed by atoms with Gasteiger partial charge >= 0.3 is 0 Å². The molecule has 0 saturated heterocycles. The van der Waals surface area contributed by atoms with Gasteiger partial charge in [-0.3, -0.25) is 4.98 Å². The van der Waals surface area contributed by atoms with E-state index >= 15 is 0 Å². The number of aliphatic hydroxyl groups is 1. The van der Waals surface area contributed by atoms with Crippen LogP contribution in [0.3, 0.4) is 0 Å². The van der Waals surface area contributed by atoms with E-state index in [1.165, 1.54) is 0 Å². The van der Waals surface area contributed by atoms with Gasteiger partial charge in [-0.2, -0.15) is 0 Å². The first-order valence-electron chi connectivity index (χ1n) is 4.57. The Morgan fingerprint density at radius 2 is 2.00 bits per heavy atom. The second-order valence-corrected chi connectivity index (χ2v) is 3.17. The lowest BCUT2D eigenvalue weighted by Crippen LogP contribution is -1.96. The maximum Gasteiger partial charge on any atom is 0.131 e. The van der Waals surface area contributed by atoms with E-state index < -0.39 is 0 Å². The largest absolute Gasteiger partial charge is 0.392 e. The molecule has 2 rings (SSSR count). The summed E-state index contributed by atoms with van der Waals surface area (Å²) in [6, 6.07) is 5.54. The van der Waals surface area contributed by atoms with Crippen molar-refractivity contribution in [2.75, 3.05) is 5.73 Å². The summed E-state index contributed by atoms with van der Waals surface area (Å²) >= 11 is 0. The Bertz CT molecular complexity index is 457. The van der Waals surface area contributed by atoms with Gasteiger partial charge in [0, 0.05) is 24.2 Å². The molecule has 0 aliphatic carbocycles. The molecule has 3 N–H and O–H groups in total. The van der Waals surface area contributed by atoms with Crippen molar-refractivity contribution in [3.05, 3.63) is 42.4 Å². The number of aliphatic hydroxyl groups excluding tert-OH is 1. The van der Waals surface area contributed by atoms with Gasteiger partial charge in [0.25, 0.3) is 0 Å². The molecule has 0 fully saturated rings. The van der Waals surface area contributed by atoms with Crippen molar-refractivity contribution in [3.8, 4) is 11.1 Å². The summed E-state index contributed by atoms with van der Waals surface area (Å²) in [6.07, 6.45) is 4.96. The zero-order valence-corrected chi connectivity index (χ0v) is 8.09. The molecule has 0 unspecified atom stereocenters. The number of nitrogens with two attached hydrogens (primary N) is 1. The van der Waals surface area contributed by atoms with Gasteiger partial charge in [0.2, 0.25) is 0 Å². The van der Waals surface area contributed by atoms with E-state index in [1.54, 1.807) is 18.6 Å². The molecule has 0 spiro atoms. The van der Waals surface area contributed by atoms with Gasteiger partial charge in [-0.05, 0) is 29.3 Å². The zero-order valence-electron chi connectivity index (χ0n) is 8.09. The molecule has 2 aromatic heterocycles. The van der Waals surface area contributed by atoms with Crippen LogP contribution in [0, 0.1) is 0 Å². The van der Waals surface area contributed by atoms with E-state index in [4.69, 9.17) is 10.8 Å². The van der Waals surface area contributed by atoms with Crippen molar-refractivity contribution in [3.63, 3.8) is 0 Å². The maximum atomic E-state index is 9.01. The molecule has 0 amide bonds. The van der Waals surface area contributed by atoms with Crippen LogP contribution in [-0.4, -0.2) is 15.1 Å². The first-order chi connectivity index (χ1) is 7.31. The van der Waals surface area contributed by atoms with Crippen molar-refractivity contribution in [2.45, 2.75) is 6.61 Å². The molecule has 0 radical (unpaired) electrons. The van der Waals surface area contributed by atoms with Gasteiger partial charge in [-0.15, -0.1) is 0 Å². The average Bonchev–Trinajstić information content (AvgIpc) is 2.31. The predicted octanol–water partition coefficient (Wildman–Crippen LogP) is 1.22. The first-order valence-corrected chi connectivity index (χ1v) is 4.57. The molecule has 2 aromatic rings. The van der Waals surface area contributed by atoms with Crippen LogP contribution in [0.15, 0.2) is 36.8 Å². The fourth-order valence-corrected chi connectivity index (χ4v) is 1.37. The number of rotatable bonds is 2. The normalized spacial score (nSPS) is 10.2. The monoisotopic (exact) mass is 201 g/mol. The summed E-state index contributed by atoms with van der Waals surface area (Å²) < 4.78 is 0. The smallest absolute Gasteiger partial charge is 0.131 e. The molecular weight excluding hydrogens is 190 g/mol. The third kappa shape index (κ3) is 1.94.